The van der Waals surface area contributed by atoms with E-state index in [1.807, 2.05) is 13.8 Å². The van der Waals surface area contributed by atoms with Crippen LogP contribution >= 0.6 is 11.6 Å². The Morgan fingerprint density at radius 3 is 2.27 bits per heavy atom. The molecule has 1 heterocycles. The third-order valence-corrected chi connectivity index (χ3v) is 2.68. The lowest BCUT2D eigenvalue weighted by Crippen LogP contribution is -2.25. The molecule has 0 spiro atoms. The van der Waals surface area contributed by atoms with E-state index in [0.717, 1.165) is 36.7 Å². The largest absolute Gasteiger partial charge is 0.354 e. The Kier molecular flexibility index (Phi) is 4.33. The van der Waals surface area contributed by atoms with Crippen molar-refractivity contribution in [2.75, 3.05) is 18.0 Å². The monoisotopic (exact) mass is 227 g/mol. The quantitative estimate of drug-likeness (QED) is 0.792. The summed E-state index contributed by atoms with van der Waals surface area (Å²) in [6, 6.07) is 0. The molecule has 0 saturated heterocycles. The molecule has 4 heteroatoms. The Morgan fingerprint density at radius 2 is 1.73 bits per heavy atom. The maximum absolute atomic E-state index is 6.10. The third-order valence-electron chi connectivity index (χ3n) is 2.42. The Labute approximate surface area is 96.5 Å². The first-order valence-corrected chi connectivity index (χ1v) is 5.73. The summed E-state index contributed by atoms with van der Waals surface area (Å²) in [5.74, 6) is 0.809. The van der Waals surface area contributed by atoms with Crippen LogP contribution in [0.3, 0.4) is 0 Å². The molecule has 0 fully saturated rings. The number of rotatable bonds is 4. The summed E-state index contributed by atoms with van der Waals surface area (Å²) in [6.07, 6.45) is 1.08. The molecule has 0 saturated carbocycles. The van der Waals surface area contributed by atoms with Gasteiger partial charge < -0.3 is 4.90 Å². The van der Waals surface area contributed by atoms with Gasteiger partial charge in [0.25, 0.3) is 0 Å². The van der Waals surface area contributed by atoms with Crippen LogP contribution in [0.2, 0.25) is 5.15 Å². The van der Waals surface area contributed by atoms with Crippen LogP contribution in [0.1, 0.15) is 31.7 Å². The molecule has 0 N–H and O–H groups in total. The first kappa shape index (κ1) is 12.2. The number of halogens is 1. The molecule has 84 valence electrons. The van der Waals surface area contributed by atoms with E-state index in [0.29, 0.717) is 5.15 Å². The molecule has 0 aliphatic rings. The average molecular weight is 228 g/mol. The van der Waals surface area contributed by atoms with E-state index in [1.54, 1.807) is 0 Å². The minimum atomic E-state index is 0.508. The number of aryl methyl sites for hydroxylation is 2. The smallest absolute Gasteiger partial charge is 0.171 e. The van der Waals surface area contributed by atoms with Crippen molar-refractivity contribution in [2.45, 2.75) is 34.1 Å². The van der Waals surface area contributed by atoms with Crippen LogP contribution in [0.15, 0.2) is 0 Å². The van der Waals surface area contributed by atoms with Crippen molar-refractivity contribution in [3.05, 3.63) is 16.5 Å². The van der Waals surface area contributed by atoms with Gasteiger partial charge in [-0.25, -0.2) is 9.97 Å². The Morgan fingerprint density at radius 1 is 1.13 bits per heavy atom. The van der Waals surface area contributed by atoms with Crippen LogP contribution in [0.4, 0.5) is 5.82 Å². The van der Waals surface area contributed by atoms with Gasteiger partial charge in [0.1, 0.15) is 0 Å². The lowest BCUT2D eigenvalue weighted by atomic mass is 10.3. The van der Waals surface area contributed by atoms with Crippen molar-refractivity contribution in [3.8, 4) is 0 Å². The second-order valence-corrected chi connectivity index (χ2v) is 3.95. The minimum absolute atomic E-state index is 0.508. The van der Waals surface area contributed by atoms with Crippen molar-refractivity contribution < 1.29 is 0 Å². The molecular formula is C11H18ClN3. The van der Waals surface area contributed by atoms with Crippen molar-refractivity contribution in [3.63, 3.8) is 0 Å². The minimum Gasteiger partial charge on any atom is -0.354 e. The van der Waals surface area contributed by atoms with E-state index < -0.39 is 0 Å². The number of hydrogen-bond donors (Lipinski definition) is 0. The van der Waals surface area contributed by atoms with Crippen LogP contribution < -0.4 is 4.90 Å². The molecule has 1 aromatic rings. The number of aromatic nitrogens is 2. The summed E-state index contributed by atoms with van der Waals surface area (Å²) in [7, 11) is 0. The fourth-order valence-corrected chi connectivity index (χ4v) is 1.74. The zero-order valence-corrected chi connectivity index (χ0v) is 10.6. The molecule has 3 nitrogen and oxygen atoms in total. The second kappa shape index (κ2) is 5.31. The molecule has 0 unspecified atom stereocenters. The van der Waals surface area contributed by atoms with Gasteiger partial charge in [0, 0.05) is 13.1 Å². The molecule has 0 radical (unpaired) electrons. The summed E-state index contributed by atoms with van der Waals surface area (Å²) in [6.45, 7) is 10.0. The molecule has 1 rings (SSSR count). The molecule has 1 aromatic heterocycles. The number of nitrogens with zero attached hydrogens (tertiary/aromatic N) is 3. The SMILES string of the molecule is CCCN(CC)c1nc(C)c(C)nc1Cl. The maximum Gasteiger partial charge on any atom is 0.171 e. The van der Waals surface area contributed by atoms with E-state index >= 15 is 0 Å². The lowest BCUT2D eigenvalue weighted by Gasteiger charge is -2.22. The predicted molar refractivity (Wildman–Crippen MR) is 64.7 cm³/mol. The number of anilines is 1. The highest BCUT2D eigenvalue weighted by Gasteiger charge is 2.12. The maximum atomic E-state index is 6.10. The average Bonchev–Trinajstić information content (AvgIpc) is 2.20. The molecule has 0 aliphatic heterocycles. The zero-order valence-electron chi connectivity index (χ0n) is 9.84. The van der Waals surface area contributed by atoms with Crippen LogP contribution in [0, 0.1) is 13.8 Å². The van der Waals surface area contributed by atoms with Crippen LogP contribution in [0.5, 0.6) is 0 Å². The summed E-state index contributed by atoms with van der Waals surface area (Å²) in [5, 5.41) is 0.508. The standard InChI is InChI=1S/C11H18ClN3/c1-5-7-15(6-2)11-10(12)13-8(3)9(4)14-11/h5-7H2,1-4H3. The summed E-state index contributed by atoms with van der Waals surface area (Å²) in [4.78, 5) is 10.9. The summed E-state index contributed by atoms with van der Waals surface area (Å²) >= 11 is 6.10. The van der Waals surface area contributed by atoms with Crippen molar-refractivity contribution in [2.24, 2.45) is 0 Å². The Bertz CT molecular complexity index is 339. The van der Waals surface area contributed by atoms with Crippen LogP contribution in [-0.2, 0) is 0 Å². The van der Waals surface area contributed by atoms with Gasteiger partial charge in [0.2, 0.25) is 0 Å². The van der Waals surface area contributed by atoms with E-state index in [1.165, 1.54) is 0 Å². The molecule has 0 amide bonds. The van der Waals surface area contributed by atoms with Gasteiger partial charge in [0.05, 0.1) is 11.4 Å². The fraction of sp³-hybridized carbons (Fsp3) is 0.636. The van der Waals surface area contributed by atoms with Gasteiger partial charge in [0.15, 0.2) is 11.0 Å². The Balaban J connectivity index is 3.06. The normalized spacial score (nSPS) is 10.5. The molecule has 0 atom stereocenters. The van der Waals surface area contributed by atoms with Crippen molar-refractivity contribution >= 4 is 17.4 Å². The highest BCUT2D eigenvalue weighted by molar-refractivity contribution is 6.31. The zero-order chi connectivity index (χ0) is 11.4. The van der Waals surface area contributed by atoms with Gasteiger partial charge >= 0.3 is 0 Å². The van der Waals surface area contributed by atoms with Crippen molar-refractivity contribution in [1.82, 2.24) is 9.97 Å². The van der Waals surface area contributed by atoms with E-state index in [-0.39, 0.29) is 0 Å². The molecular weight excluding hydrogens is 210 g/mol. The summed E-state index contributed by atoms with van der Waals surface area (Å²) in [5.41, 5.74) is 1.85. The molecule has 0 aliphatic carbocycles. The molecule has 0 bridgehead atoms. The van der Waals surface area contributed by atoms with E-state index in [2.05, 4.69) is 28.7 Å². The third kappa shape index (κ3) is 2.81. The van der Waals surface area contributed by atoms with Gasteiger partial charge in [-0.2, -0.15) is 0 Å². The first-order chi connectivity index (χ1) is 7.10. The topological polar surface area (TPSA) is 29.0 Å². The second-order valence-electron chi connectivity index (χ2n) is 3.59. The Hall–Kier alpha value is -0.830. The number of hydrogen-bond acceptors (Lipinski definition) is 3. The predicted octanol–water partition coefficient (Wildman–Crippen LogP) is 2.98. The highest BCUT2D eigenvalue weighted by atomic mass is 35.5. The van der Waals surface area contributed by atoms with Crippen LogP contribution in [0.25, 0.3) is 0 Å². The first-order valence-electron chi connectivity index (χ1n) is 5.35. The van der Waals surface area contributed by atoms with Crippen molar-refractivity contribution in [1.29, 1.82) is 0 Å². The molecule has 0 aromatic carbocycles. The van der Waals surface area contributed by atoms with Gasteiger partial charge in [-0.3, -0.25) is 0 Å². The fourth-order valence-electron chi connectivity index (χ4n) is 1.45. The van der Waals surface area contributed by atoms with E-state index in [9.17, 15) is 0 Å². The lowest BCUT2D eigenvalue weighted by molar-refractivity contribution is 0.771. The highest BCUT2D eigenvalue weighted by Crippen LogP contribution is 2.22. The molecule has 15 heavy (non-hydrogen) atoms. The van der Waals surface area contributed by atoms with Gasteiger partial charge in [-0.15, -0.1) is 0 Å². The summed E-state index contributed by atoms with van der Waals surface area (Å²) < 4.78 is 0. The van der Waals surface area contributed by atoms with Gasteiger partial charge in [-0.05, 0) is 27.2 Å². The van der Waals surface area contributed by atoms with E-state index in [4.69, 9.17) is 11.6 Å². The van der Waals surface area contributed by atoms with Crippen LogP contribution in [-0.4, -0.2) is 23.1 Å². The van der Waals surface area contributed by atoms with Gasteiger partial charge in [-0.1, -0.05) is 18.5 Å².